The van der Waals surface area contributed by atoms with Gasteiger partial charge >= 0.3 is 0 Å². The number of hydrogen-bond donors (Lipinski definition) is 0. The lowest BCUT2D eigenvalue weighted by molar-refractivity contribution is 0.0979. The van der Waals surface area contributed by atoms with Crippen LogP contribution in [0.5, 0.6) is 0 Å². The average molecular weight is 392 g/mol. The number of nitrogens with zero attached hydrogens (tertiary/aromatic N) is 5. The molecule has 0 unspecified atom stereocenters. The predicted molar refractivity (Wildman–Crippen MR) is 112 cm³/mol. The Morgan fingerprint density at radius 2 is 1.96 bits per heavy atom. The zero-order valence-electron chi connectivity index (χ0n) is 16.3. The molecule has 0 bridgehead atoms. The average Bonchev–Trinajstić information content (AvgIpc) is 3.28. The Balaban J connectivity index is 1.82. The van der Waals surface area contributed by atoms with E-state index in [1.807, 2.05) is 39.1 Å². The smallest absolute Gasteiger partial charge is 0.278 e. The summed E-state index contributed by atoms with van der Waals surface area (Å²) in [6.07, 6.45) is 3.50. The first kappa shape index (κ1) is 18.3. The minimum Gasteiger partial charge on any atom is -0.278 e. The number of fused-ring (bicyclic) bond motifs is 1. The van der Waals surface area contributed by atoms with Crippen LogP contribution in [0.15, 0.2) is 42.7 Å². The van der Waals surface area contributed by atoms with Crippen LogP contribution in [0.2, 0.25) is 0 Å². The normalized spacial score (nSPS) is 11.1. The lowest BCUT2D eigenvalue weighted by atomic mass is 10.1. The SMILES string of the molecule is Cc1ccc(C)c2sc(N(Cc3cccnc3)C(=O)c3cc(C)n(C)n3)nc12. The van der Waals surface area contributed by atoms with E-state index in [0.29, 0.717) is 17.4 Å². The summed E-state index contributed by atoms with van der Waals surface area (Å²) in [6, 6.07) is 9.80. The van der Waals surface area contributed by atoms with E-state index in [4.69, 9.17) is 4.98 Å². The Morgan fingerprint density at radius 3 is 2.61 bits per heavy atom. The fraction of sp³-hybridized carbons (Fsp3) is 0.238. The first-order valence-electron chi connectivity index (χ1n) is 9.02. The number of hydrogen-bond acceptors (Lipinski definition) is 5. The van der Waals surface area contributed by atoms with Gasteiger partial charge in [-0.15, -0.1) is 0 Å². The van der Waals surface area contributed by atoms with E-state index in [1.54, 1.807) is 22.0 Å². The highest BCUT2D eigenvalue weighted by Crippen LogP contribution is 2.34. The molecule has 3 heterocycles. The molecule has 28 heavy (non-hydrogen) atoms. The summed E-state index contributed by atoms with van der Waals surface area (Å²) in [5, 5.41) is 5.04. The number of amides is 1. The molecule has 7 heteroatoms. The van der Waals surface area contributed by atoms with Crippen LogP contribution in [0.3, 0.4) is 0 Å². The van der Waals surface area contributed by atoms with Gasteiger partial charge in [0.15, 0.2) is 10.8 Å². The van der Waals surface area contributed by atoms with Crippen molar-refractivity contribution in [2.45, 2.75) is 27.3 Å². The molecule has 4 aromatic rings. The maximum Gasteiger partial charge on any atom is 0.280 e. The van der Waals surface area contributed by atoms with Crippen LogP contribution in [0.1, 0.15) is 32.9 Å². The molecule has 142 valence electrons. The third-order valence-corrected chi connectivity index (χ3v) is 6.02. The summed E-state index contributed by atoms with van der Waals surface area (Å²) < 4.78 is 2.82. The molecule has 0 aliphatic rings. The van der Waals surface area contributed by atoms with Crippen LogP contribution in [-0.4, -0.2) is 25.7 Å². The first-order chi connectivity index (χ1) is 13.4. The van der Waals surface area contributed by atoms with Crippen molar-refractivity contribution in [1.82, 2.24) is 19.7 Å². The minimum absolute atomic E-state index is 0.165. The van der Waals surface area contributed by atoms with E-state index in [1.165, 1.54) is 11.3 Å². The van der Waals surface area contributed by atoms with Gasteiger partial charge in [-0.25, -0.2) is 4.98 Å². The highest BCUT2D eigenvalue weighted by Gasteiger charge is 2.25. The molecule has 0 saturated heterocycles. The van der Waals surface area contributed by atoms with E-state index >= 15 is 0 Å². The molecule has 0 N–H and O–H groups in total. The van der Waals surface area contributed by atoms with E-state index in [-0.39, 0.29) is 5.91 Å². The van der Waals surface area contributed by atoms with Gasteiger partial charge in [0.2, 0.25) is 0 Å². The van der Waals surface area contributed by atoms with Gasteiger partial charge in [0.05, 0.1) is 16.8 Å². The number of benzene rings is 1. The number of carbonyl (C=O) groups is 1. The molecular weight excluding hydrogens is 370 g/mol. The van der Waals surface area contributed by atoms with Crippen LogP contribution < -0.4 is 4.90 Å². The summed E-state index contributed by atoms with van der Waals surface area (Å²) in [7, 11) is 1.84. The van der Waals surface area contributed by atoms with E-state index < -0.39 is 0 Å². The molecular formula is C21H21N5OS. The summed E-state index contributed by atoms with van der Waals surface area (Å²) >= 11 is 1.54. The third kappa shape index (κ3) is 3.29. The molecule has 0 aliphatic heterocycles. The highest BCUT2D eigenvalue weighted by atomic mass is 32.1. The minimum atomic E-state index is -0.165. The number of rotatable bonds is 4. The molecule has 1 aromatic carbocycles. The lowest BCUT2D eigenvalue weighted by Crippen LogP contribution is -2.30. The zero-order valence-corrected chi connectivity index (χ0v) is 17.1. The second-order valence-electron chi connectivity index (χ2n) is 6.92. The Kier molecular flexibility index (Phi) is 4.68. The fourth-order valence-electron chi connectivity index (χ4n) is 3.07. The predicted octanol–water partition coefficient (Wildman–Crippen LogP) is 4.20. The van der Waals surface area contributed by atoms with Crippen molar-refractivity contribution in [2.24, 2.45) is 7.05 Å². The number of thiazole rings is 1. The van der Waals surface area contributed by atoms with Crippen molar-refractivity contribution >= 4 is 32.6 Å². The van der Waals surface area contributed by atoms with Crippen molar-refractivity contribution in [3.8, 4) is 0 Å². The van der Waals surface area contributed by atoms with E-state index in [2.05, 4.69) is 29.1 Å². The zero-order chi connectivity index (χ0) is 19.8. The fourth-order valence-corrected chi connectivity index (χ4v) is 4.18. The summed E-state index contributed by atoms with van der Waals surface area (Å²) in [4.78, 5) is 24.0. The standard InChI is InChI=1S/C21H21N5OS/c1-13-7-8-14(2)19-18(13)23-21(28-19)26(12-16-6-5-9-22-11-16)20(27)17-10-15(3)25(4)24-17/h5-11H,12H2,1-4H3. The Morgan fingerprint density at radius 1 is 1.18 bits per heavy atom. The van der Waals surface area contributed by atoms with Crippen molar-refractivity contribution in [3.63, 3.8) is 0 Å². The van der Waals surface area contributed by atoms with Gasteiger partial charge in [0, 0.05) is 25.1 Å². The lowest BCUT2D eigenvalue weighted by Gasteiger charge is -2.18. The van der Waals surface area contributed by atoms with Gasteiger partial charge in [-0.1, -0.05) is 29.5 Å². The topological polar surface area (TPSA) is 63.9 Å². The summed E-state index contributed by atoms with van der Waals surface area (Å²) in [6.45, 7) is 6.43. The van der Waals surface area contributed by atoms with Gasteiger partial charge in [0.1, 0.15) is 0 Å². The van der Waals surface area contributed by atoms with Crippen LogP contribution >= 0.6 is 11.3 Å². The summed E-state index contributed by atoms with van der Waals surface area (Å²) in [5.74, 6) is -0.165. The second kappa shape index (κ2) is 7.16. The molecule has 0 spiro atoms. The molecule has 3 aromatic heterocycles. The van der Waals surface area contributed by atoms with Crippen molar-refractivity contribution in [3.05, 3.63) is 70.8 Å². The molecule has 0 atom stereocenters. The highest BCUT2D eigenvalue weighted by molar-refractivity contribution is 7.22. The molecule has 0 fully saturated rings. The van der Waals surface area contributed by atoms with E-state index in [9.17, 15) is 4.79 Å². The molecule has 1 amide bonds. The number of carbonyl (C=O) groups excluding carboxylic acids is 1. The van der Waals surface area contributed by atoms with Gasteiger partial charge in [-0.2, -0.15) is 5.10 Å². The van der Waals surface area contributed by atoms with Crippen LogP contribution in [0.4, 0.5) is 5.13 Å². The van der Waals surface area contributed by atoms with Crippen LogP contribution in [-0.2, 0) is 13.6 Å². The number of anilines is 1. The van der Waals surface area contributed by atoms with Gasteiger partial charge < -0.3 is 0 Å². The van der Waals surface area contributed by atoms with Crippen LogP contribution in [0, 0.1) is 20.8 Å². The van der Waals surface area contributed by atoms with Crippen molar-refractivity contribution < 1.29 is 4.79 Å². The maximum absolute atomic E-state index is 13.4. The number of aryl methyl sites for hydroxylation is 4. The molecule has 0 aliphatic carbocycles. The van der Waals surface area contributed by atoms with E-state index in [0.717, 1.165) is 32.6 Å². The Labute approximate surface area is 167 Å². The molecule has 4 rings (SSSR count). The van der Waals surface area contributed by atoms with Crippen molar-refractivity contribution in [2.75, 3.05) is 4.90 Å². The molecule has 0 saturated carbocycles. The quantitative estimate of drug-likeness (QED) is 0.523. The maximum atomic E-state index is 13.4. The monoisotopic (exact) mass is 391 g/mol. The molecule has 6 nitrogen and oxygen atoms in total. The van der Waals surface area contributed by atoms with Crippen molar-refractivity contribution in [1.29, 1.82) is 0 Å². The third-order valence-electron chi connectivity index (χ3n) is 4.80. The van der Waals surface area contributed by atoms with Gasteiger partial charge in [-0.05, 0) is 49.6 Å². The first-order valence-corrected chi connectivity index (χ1v) is 9.84. The van der Waals surface area contributed by atoms with Gasteiger partial charge in [0.25, 0.3) is 5.91 Å². The largest absolute Gasteiger partial charge is 0.280 e. The Hall–Kier alpha value is -3.06. The van der Waals surface area contributed by atoms with Gasteiger partial charge in [-0.3, -0.25) is 19.4 Å². The number of pyridine rings is 1. The number of aromatic nitrogens is 4. The summed E-state index contributed by atoms with van der Waals surface area (Å²) in [5.41, 5.74) is 5.49. The Bertz CT molecular complexity index is 1100. The second-order valence-corrected chi connectivity index (χ2v) is 7.90. The molecule has 0 radical (unpaired) electrons. The van der Waals surface area contributed by atoms with Crippen LogP contribution in [0.25, 0.3) is 10.2 Å².